The van der Waals surface area contributed by atoms with Gasteiger partial charge in [0.2, 0.25) is 0 Å². The third-order valence-corrected chi connectivity index (χ3v) is 4.69. The summed E-state index contributed by atoms with van der Waals surface area (Å²) in [6, 6.07) is 8.32. The molecular weight excluding hydrogens is 240 g/mol. The van der Waals surface area contributed by atoms with Crippen LogP contribution in [0.2, 0.25) is 0 Å². The minimum Gasteiger partial charge on any atom is -0.481 e. The Bertz CT molecular complexity index is 479. The summed E-state index contributed by atoms with van der Waals surface area (Å²) >= 11 is 0. The second-order valence-electron chi connectivity index (χ2n) is 5.84. The second kappa shape index (κ2) is 4.64. The number of aliphatic carboxylic acids is 1. The standard InChI is InChI=1S/C16H20O3/c1-2-11-3-5-12(6-4-11)9-16(15(17)18)10-13-7-8-14(16)19-13/h3-6,13-14H,2,7-10H2,1H3,(H,17,18). The van der Waals surface area contributed by atoms with E-state index in [1.807, 2.05) is 0 Å². The molecule has 2 aliphatic heterocycles. The molecule has 3 nitrogen and oxygen atoms in total. The van der Waals surface area contributed by atoms with Crippen molar-refractivity contribution in [2.24, 2.45) is 5.41 Å². The number of hydrogen-bond donors (Lipinski definition) is 1. The molecule has 3 atom stereocenters. The number of aryl methyl sites for hydroxylation is 1. The number of benzene rings is 1. The molecule has 1 N–H and O–H groups in total. The van der Waals surface area contributed by atoms with Crippen LogP contribution >= 0.6 is 0 Å². The third kappa shape index (κ3) is 2.06. The normalized spacial score (nSPS) is 32.7. The zero-order valence-electron chi connectivity index (χ0n) is 11.3. The summed E-state index contributed by atoms with van der Waals surface area (Å²) in [6.45, 7) is 2.12. The largest absolute Gasteiger partial charge is 0.481 e. The lowest BCUT2D eigenvalue weighted by molar-refractivity contribution is -0.152. The van der Waals surface area contributed by atoms with Crippen LogP contribution in [0.3, 0.4) is 0 Å². The lowest BCUT2D eigenvalue weighted by Crippen LogP contribution is -2.42. The molecule has 1 aromatic rings. The number of rotatable bonds is 4. The number of fused-ring (bicyclic) bond motifs is 2. The number of hydrogen-bond acceptors (Lipinski definition) is 2. The van der Waals surface area contributed by atoms with Gasteiger partial charge in [-0.3, -0.25) is 4.79 Å². The SMILES string of the molecule is CCc1ccc(CC2(C(=O)O)CC3CCC2O3)cc1. The summed E-state index contributed by atoms with van der Waals surface area (Å²) in [5.41, 5.74) is 1.70. The van der Waals surface area contributed by atoms with Crippen molar-refractivity contribution >= 4 is 5.97 Å². The van der Waals surface area contributed by atoms with E-state index in [1.54, 1.807) is 0 Å². The average molecular weight is 260 g/mol. The van der Waals surface area contributed by atoms with Crippen molar-refractivity contribution in [3.63, 3.8) is 0 Å². The maximum atomic E-state index is 11.8. The zero-order chi connectivity index (χ0) is 13.5. The van der Waals surface area contributed by atoms with Crippen molar-refractivity contribution in [2.45, 2.75) is 51.2 Å². The van der Waals surface area contributed by atoms with E-state index < -0.39 is 11.4 Å². The van der Waals surface area contributed by atoms with E-state index in [4.69, 9.17) is 4.74 Å². The predicted octanol–water partition coefficient (Wildman–Crippen LogP) is 2.81. The lowest BCUT2D eigenvalue weighted by atomic mass is 9.70. The molecule has 19 heavy (non-hydrogen) atoms. The maximum absolute atomic E-state index is 11.8. The fourth-order valence-corrected chi connectivity index (χ4v) is 3.54. The Morgan fingerprint density at radius 2 is 2.00 bits per heavy atom. The van der Waals surface area contributed by atoms with Gasteiger partial charge in [0.15, 0.2) is 0 Å². The van der Waals surface area contributed by atoms with Crippen LogP contribution in [0.15, 0.2) is 24.3 Å². The number of carbonyl (C=O) groups is 1. The van der Waals surface area contributed by atoms with Crippen LogP contribution in [0.5, 0.6) is 0 Å². The van der Waals surface area contributed by atoms with E-state index in [-0.39, 0.29) is 12.2 Å². The first-order valence-electron chi connectivity index (χ1n) is 7.11. The molecule has 2 aliphatic rings. The van der Waals surface area contributed by atoms with Crippen LogP contribution in [0, 0.1) is 5.41 Å². The fourth-order valence-electron chi connectivity index (χ4n) is 3.54. The van der Waals surface area contributed by atoms with Gasteiger partial charge in [0.25, 0.3) is 0 Å². The highest BCUT2D eigenvalue weighted by Gasteiger charge is 2.57. The van der Waals surface area contributed by atoms with Crippen molar-refractivity contribution in [2.75, 3.05) is 0 Å². The van der Waals surface area contributed by atoms with Crippen molar-refractivity contribution in [1.82, 2.24) is 0 Å². The Kier molecular flexibility index (Phi) is 3.09. The summed E-state index contributed by atoms with van der Waals surface area (Å²) in [7, 11) is 0. The van der Waals surface area contributed by atoms with Gasteiger partial charge in [-0.05, 0) is 43.2 Å². The van der Waals surface area contributed by atoms with E-state index in [1.165, 1.54) is 5.56 Å². The fraction of sp³-hybridized carbons (Fsp3) is 0.562. The summed E-state index contributed by atoms with van der Waals surface area (Å²) in [5.74, 6) is -0.695. The minimum atomic E-state index is -0.698. The van der Waals surface area contributed by atoms with Crippen LogP contribution in [0.25, 0.3) is 0 Å². The molecule has 2 bridgehead atoms. The van der Waals surface area contributed by atoms with Crippen LogP contribution in [0.1, 0.15) is 37.3 Å². The van der Waals surface area contributed by atoms with E-state index in [0.29, 0.717) is 12.8 Å². The molecule has 0 aliphatic carbocycles. The molecule has 1 aromatic carbocycles. The molecule has 2 heterocycles. The molecule has 102 valence electrons. The van der Waals surface area contributed by atoms with E-state index in [9.17, 15) is 9.90 Å². The van der Waals surface area contributed by atoms with Gasteiger partial charge in [0.1, 0.15) is 5.41 Å². The Morgan fingerprint density at radius 1 is 1.32 bits per heavy atom. The first-order chi connectivity index (χ1) is 9.14. The summed E-state index contributed by atoms with van der Waals surface area (Å²) < 4.78 is 5.79. The van der Waals surface area contributed by atoms with Crippen LogP contribution in [-0.2, 0) is 22.4 Å². The van der Waals surface area contributed by atoms with Gasteiger partial charge in [0, 0.05) is 0 Å². The van der Waals surface area contributed by atoms with E-state index in [0.717, 1.165) is 24.8 Å². The molecule has 3 rings (SSSR count). The Hall–Kier alpha value is -1.35. The van der Waals surface area contributed by atoms with Crippen molar-refractivity contribution in [3.05, 3.63) is 35.4 Å². The Labute approximate surface area is 113 Å². The molecule has 3 unspecified atom stereocenters. The highest BCUT2D eigenvalue weighted by molar-refractivity contribution is 5.76. The first-order valence-corrected chi connectivity index (χ1v) is 7.11. The number of ether oxygens (including phenoxy) is 1. The van der Waals surface area contributed by atoms with Crippen molar-refractivity contribution < 1.29 is 14.6 Å². The lowest BCUT2D eigenvalue weighted by Gasteiger charge is -2.31. The van der Waals surface area contributed by atoms with Crippen LogP contribution < -0.4 is 0 Å². The van der Waals surface area contributed by atoms with Gasteiger partial charge in [-0.2, -0.15) is 0 Å². The second-order valence-corrected chi connectivity index (χ2v) is 5.84. The third-order valence-electron chi connectivity index (χ3n) is 4.69. The van der Waals surface area contributed by atoms with Gasteiger partial charge >= 0.3 is 5.97 Å². The average Bonchev–Trinajstić information content (AvgIpc) is 3.00. The molecule has 0 spiro atoms. The first kappa shape index (κ1) is 12.7. The topological polar surface area (TPSA) is 46.5 Å². The van der Waals surface area contributed by atoms with Gasteiger partial charge in [-0.1, -0.05) is 31.2 Å². The summed E-state index contributed by atoms with van der Waals surface area (Å²) in [5, 5.41) is 9.67. The molecule has 0 radical (unpaired) electrons. The van der Waals surface area contributed by atoms with Crippen LogP contribution in [-0.4, -0.2) is 23.3 Å². The van der Waals surface area contributed by atoms with Gasteiger partial charge in [-0.25, -0.2) is 0 Å². The van der Waals surface area contributed by atoms with E-state index >= 15 is 0 Å². The van der Waals surface area contributed by atoms with Crippen LogP contribution in [0.4, 0.5) is 0 Å². The van der Waals surface area contributed by atoms with Gasteiger partial charge in [-0.15, -0.1) is 0 Å². The monoisotopic (exact) mass is 260 g/mol. The van der Waals surface area contributed by atoms with Crippen molar-refractivity contribution in [1.29, 1.82) is 0 Å². The minimum absolute atomic E-state index is 0.0964. The smallest absolute Gasteiger partial charge is 0.312 e. The number of carboxylic acid groups (broad SMARTS) is 1. The zero-order valence-corrected chi connectivity index (χ0v) is 11.3. The quantitative estimate of drug-likeness (QED) is 0.905. The number of carboxylic acids is 1. The highest BCUT2D eigenvalue weighted by atomic mass is 16.5. The molecule has 3 heteroatoms. The van der Waals surface area contributed by atoms with Crippen molar-refractivity contribution in [3.8, 4) is 0 Å². The molecule has 0 amide bonds. The van der Waals surface area contributed by atoms with Gasteiger partial charge < -0.3 is 9.84 Å². The Morgan fingerprint density at radius 3 is 2.47 bits per heavy atom. The molecular formula is C16H20O3. The molecule has 2 saturated heterocycles. The Balaban J connectivity index is 1.84. The molecule has 0 aromatic heterocycles. The van der Waals surface area contributed by atoms with Gasteiger partial charge in [0.05, 0.1) is 12.2 Å². The van der Waals surface area contributed by atoms with E-state index in [2.05, 4.69) is 31.2 Å². The molecule has 0 saturated carbocycles. The summed E-state index contributed by atoms with van der Waals surface area (Å²) in [4.78, 5) is 11.8. The maximum Gasteiger partial charge on any atom is 0.312 e. The summed E-state index contributed by atoms with van der Waals surface area (Å²) in [6.07, 6.45) is 4.25. The predicted molar refractivity (Wildman–Crippen MR) is 72.1 cm³/mol. The highest BCUT2D eigenvalue weighted by Crippen LogP contribution is 2.49. The molecule has 2 fully saturated rings.